The second-order valence-electron chi connectivity index (χ2n) is 11.9. The standard InChI is InChI=1S/C44H28N2O/c1-4-12-29(13-5-1)35-22-36(34-20-21-42-38(26-34)39-25-32-18-10-11-19-33(32)27-43(39)47-42)24-37(23-35)41-28-40(30-14-6-2-7-15-30)45-44(46-41)31-16-8-3-9-17-31/h1-28H. The van der Waals surface area contributed by atoms with Gasteiger partial charge in [0.1, 0.15) is 11.2 Å². The third kappa shape index (κ3) is 5.04. The molecule has 0 aliphatic heterocycles. The predicted octanol–water partition coefficient (Wildman–Crippen LogP) is 11.9. The molecule has 2 heterocycles. The van der Waals surface area contributed by atoms with Crippen molar-refractivity contribution < 1.29 is 4.42 Å². The van der Waals surface area contributed by atoms with Crippen LogP contribution in [0.2, 0.25) is 0 Å². The summed E-state index contributed by atoms with van der Waals surface area (Å²) in [5.74, 6) is 0.701. The second-order valence-corrected chi connectivity index (χ2v) is 11.9. The summed E-state index contributed by atoms with van der Waals surface area (Å²) in [5.41, 5.74) is 11.1. The predicted molar refractivity (Wildman–Crippen MR) is 194 cm³/mol. The number of rotatable bonds is 5. The van der Waals surface area contributed by atoms with Crippen LogP contribution in [-0.4, -0.2) is 9.97 Å². The largest absolute Gasteiger partial charge is 0.456 e. The average Bonchev–Trinajstić information content (AvgIpc) is 3.51. The summed E-state index contributed by atoms with van der Waals surface area (Å²) >= 11 is 0. The Kier molecular flexibility index (Phi) is 6.46. The van der Waals surface area contributed by atoms with E-state index in [2.05, 4.69) is 133 Å². The second kappa shape index (κ2) is 11.2. The maximum absolute atomic E-state index is 6.33. The fourth-order valence-corrected chi connectivity index (χ4v) is 6.45. The van der Waals surface area contributed by atoms with Crippen LogP contribution in [0.1, 0.15) is 0 Å². The van der Waals surface area contributed by atoms with Crippen molar-refractivity contribution in [3.05, 3.63) is 170 Å². The summed E-state index contributed by atoms with van der Waals surface area (Å²) in [6, 6.07) is 59.2. The van der Waals surface area contributed by atoms with Crippen LogP contribution < -0.4 is 0 Å². The van der Waals surface area contributed by atoms with E-state index < -0.39 is 0 Å². The molecule has 2 aromatic heterocycles. The highest BCUT2D eigenvalue weighted by atomic mass is 16.3. The maximum Gasteiger partial charge on any atom is 0.160 e. The summed E-state index contributed by atoms with van der Waals surface area (Å²) in [6.45, 7) is 0. The summed E-state index contributed by atoms with van der Waals surface area (Å²) < 4.78 is 6.33. The number of aromatic nitrogens is 2. The highest BCUT2D eigenvalue weighted by Gasteiger charge is 2.15. The van der Waals surface area contributed by atoms with Gasteiger partial charge in [0.05, 0.1) is 11.4 Å². The maximum atomic E-state index is 6.33. The first-order valence-corrected chi connectivity index (χ1v) is 15.8. The zero-order valence-electron chi connectivity index (χ0n) is 25.5. The minimum atomic E-state index is 0.701. The molecule has 0 spiro atoms. The van der Waals surface area contributed by atoms with Gasteiger partial charge in [-0.2, -0.15) is 0 Å². The van der Waals surface area contributed by atoms with Crippen LogP contribution in [0.15, 0.2) is 174 Å². The van der Waals surface area contributed by atoms with Gasteiger partial charge in [0.15, 0.2) is 5.82 Å². The van der Waals surface area contributed by atoms with Crippen LogP contribution in [-0.2, 0) is 0 Å². The van der Waals surface area contributed by atoms with Crippen molar-refractivity contribution >= 4 is 32.7 Å². The van der Waals surface area contributed by atoms with Crippen LogP contribution in [0.3, 0.4) is 0 Å². The molecule has 3 nitrogen and oxygen atoms in total. The zero-order chi connectivity index (χ0) is 31.2. The average molecular weight is 601 g/mol. The van der Waals surface area contributed by atoms with Gasteiger partial charge in [-0.3, -0.25) is 0 Å². The first-order chi connectivity index (χ1) is 23.2. The van der Waals surface area contributed by atoms with E-state index in [1.165, 1.54) is 10.8 Å². The van der Waals surface area contributed by atoms with Gasteiger partial charge in [0.25, 0.3) is 0 Å². The number of hydrogen-bond donors (Lipinski definition) is 0. The molecule has 0 aliphatic carbocycles. The molecular weight excluding hydrogens is 572 g/mol. The molecule has 0 unspecified atom stereocenters. The van der Waals surface area contributed by atoms with E-state index in [-0.39, 0.29) is 0 Å². The van der Waals surface area contributed by atoms with Gasteiger partial charge in [-0.15, -0.1) is 0 Å². The Bertz CT molecular complexity index is 2500. The summed E-state index contributed by atoms with van der Waals surface area (Å²) in [7, 11) is 0. The molecule has 0 fully saturated rings. The van der Waals surface area contributed by atoms with Crippen LogP contribution in [0.4, 0.5) is 0 Å². The van der Waals surface area contributed by atoms with Gasteiger partial charge in [-0.1, -0.05) is 121 Å². The van der Waals surface area contributed by atoms with Crippen molar-refractivity contribution in [2.75, 3.05) is 0 Å². The molecule has 9 rings (SSSR count). The lowest BCUT2D eigenvalue weighted by Crippen LogP contribution is -1.96. The summed E-state index contributed by atoms with van der Waals surface area (Å²) in [5, 5.41) is 4.60. The molecular formula is C44H28N2O. The minimum Gasteiger partial charge on any atom is -0.456 e. The van der Waals surface area contributed by atoms with Gasteiger partial charge >= 0.3 is 0 Å². The molecule has 3 heteroatoms. The lowest BCUT2D eigenvalue weighted by atomic mass is 9.94. The van der Waals surface area contributed by atoms with Crippen molar-refractivity contribution in [2.45, 2.75) is 0 Å². The number of benzene rings is 7. The Balaban J connectivity index is 1.26. The van der Waals surface area contributed by atoms with Gasteiger partial charge in [0, 0.05) is 27.5 Å². The molecule has 0 aliphatic rings. The van der Waals surface area contributed by atoms with Crippen LogP contribution in [0, 0.1) is 0 Å². The molecule has 47 heavy (non-hydrogen) atoms. The normalized spacial score (nSPS) is 11.4. The van der Waals surface area contributed by atoms with E-state index in [1.54, 1.807) is 0 Å². The van der Waals surface area contributed by atoms with Crippen molar-refractivity contribution in [2.24, 2.45) is 0 Å². The molecule has 0 amide bonds. The van der Waals surface area contributed by atoms with Gasteiger partial charge in [0.2, 0.25) is 0 Å². The topological polar surface area (TPSA) is 38.9 Å². The molecule has 0 N–H and O–H groups in total. The van der Waals surface area contributed by atoms with E-state index in [9.17, 15) is 0 Å². The van der Waals surface area contributed by atoms with Crippen molar-refractivity contribution in [3.63, 3.8) is 0 Å². The van der Waals surface area contributed by atoms with Crippen LogP contribution in [0.5, 0.6) is 0 Å². The highest BCUT2D eigenvalue weighted by Crippen LogP contribution is 2.38. The third-order valence-electron chi connectivity index (χ3n) is 8.83. The lowest BCUT2D eigenvalue weighted by molar-refractivity contribution is 0.669. The minimum absolute atomic E-state index is 0.701. The first kappa shape index (κ1) is 27.0. The molecule has 0 atom stereocenters. The Morgan fingerprint density at radius 2 is 0.851 bits per heavy atom. The Labute approximate surface area is 272 Å². The quantitative estimate of drug-likeness (QED) is 0.197. The smallest absolute Gasteiger partial charge is 0.160 e. The molecule has 9 aromatic rings. The Hall–Kier alpha value is -6.32. The van der Waals surface area contributed by atoms with Crippen LogP contribution in [0.25, 0.3) is 88.9 Å². The Morgan fingerprint density at radius 3 is 1.55 bits per heavy atom. The Morgan fingerprint density at radius 1 is 0.319 bits per heavy atom. The third-order valence-corrected chi connectivity index (χ3v) is 8.83. The molecule has 0 radical (unpaired) electrons. The fourth-order valence-electron chi connectivity index (χ4n) is 6.45. The van der Waals surface area contributed by atoms with E-state index in [0.717, 1.165) is 72.3 Å². The van der Waals surface area contributed by atoms with Crippen molar-refractivity contribution in [1.82, 2.24) is 9.97 Å². The van der Waals surface area contributed by atoms with E-state index in [4.69, 9.17) is 14.4 Å². The highest BCUT2D eigenvalue weighted by molar-refractivity contribution is 6.11. The first-order valence-electron chi connectivity index (χ1n) is 15.8. The summed E-state index contributed by atoms with van der Waals surface area (Å²) in [4.78, 5) is 10.2. The van der Waals surface area contributed by atoms with E-state index >= 15 is 0 Å². The fraction of sp³-hybridized carbons (Fsp3) is 0. The van der Waals surface area contributed by atoms with Gasteiger partial charge in [-0.25, -0.2) is 9.97 Å². The van der Waals surface area contributed by atoms with E-state index in [0.29, 0.717) is 5.82 Å². The van der Waals surface area contributed by atoms with Gasteiger partial charge in [-0.05, 0) is 81.6 Å². The SMILES string of the molecule is c1ccc(-c2cc(-c3ccc4oc5cc6ccccc6cc5c4c3)cc(-c3cc(-c4ccccc4)nc(-c4ccccc4)n3)c2)cc1. The van der Waals surface area contributed by atoms with Crippen molar-refractivity contribution in [3.8, 4) is 56.2 Å². The molecule has 7 aromatic carbocycles. The number of furan rings is 1. The zero-order valence-corrected chi connectivity index (χ0v) is 25.5. The number of hydrogen-bond acceptors (Lipinski definition) is 3. The molecule has 0 bridgehead atoms. The lowest BCUT2D eigenvalue weighted by Gasteiger charge is -2.13. The van der Waals surface area contributed by atoms with Gasteiger partial charge < -0.3 is 4.42 Å². The molecule has 220 valence electrons. The van der Waals surface area contributed by atoms with E-state index in [1.807, 2.05) is 36.4 Å². The monoisotopic (exact) mass is 600 g/mol. The molecule has 0 saturated heterocycles. The van der Waals surface area contributed by atoms with Crippen molar-refractivity contribution in [1.29, 1.82) is 0 Å². The van der Waals surface area contributed by atoms with Crippen LogP contribution >= 0.6 is 0 Å². The number of nitrogens with zero attached hydrogens (tertiary/aromatic N) is 2. The summed E-state index contributed by atoms with van der Waals surface area (Å²) in [6.07, 6.45) is 0. The number of fused-ring (bicyclic) bond motifs is 4. The molecule has 0 saturated carbocycles.